The lowest BCUT2D eigenvalue weighted by molar-refractivity contribution is -0.384. The van der Waals surface area contributed by atoms with Crippen LogP contribution in [0.15, 0.2) is 12.1 Å². The highest BCUT2D eigenvalue weighted by atomic mass is 35.5. The van der Waals surface area contributed by atoms with Crippen LogP contribution in [-0.4, -0.2) is 36.1 Å². The van der Waals surface area contributed by atoms with E-state index in [0.29, 0.717) is 6.42 Å². The fourth-order valence-corrected chi connectivity index (χ4v) is 1.33. The van der Waals surface area contributed by atoms with Gasteiger partial charge in [-0.25, -0.2) is 4.98 Å². The van der Waals surface area contributed by atoms with Crippen molar-refractivity contribution in [1.82, 2.24) is 4.98 Å². The number of methoxy groups -OCH3 is 2. The van der Waals surface area contributed by atoms with Crippen molar-refractivity contribution in [3.63, 3.8) is 0 Å². The molecular formula is C14H22ClN3O6. The van der Waals surface area contributed by atoms with E-state index in [1.165, 1.54) is 26.4 Å². The minimum absolute atomic E-state index is 0.146. The average Bonchev–Trinajstić information content (AvgIpc) is 2.56. The minimum atomic E-state index is -0.612. The Morgan fingerprint density at radius 1 is 1.21 bits per heavy atom. The second-order valence-corrected chi connectivity index (χ2v) is 4.19. The SMILES string of the molecule is CC.COC(=O)CCCC(=O)OC.Nc1nc(Cl)ccc1[N+](=O)[O-]. The summed E-state index contributed by atoms with van der Waals surface area (Å²) in [5.74, 6) is -0.759. The van der Waals surface area contributed by atoms with Gasteiger partial charge in [0.25, 0.3) is 0 Å². The Morgan fingerprint density at radius 3 is 2.00 bits per heavy atom. The number of nitrogens with zero attached hydrogens (tertiary/aromatic N) is 2. The summed E-state index contributed by atoms with van der Waals surface area (Å²) >= 11 is 5.41. The molecule has 0 amide bonds. The van der Waals surface area contributed by atoms with Crippen LogP contribution >= 0.6 is 11.6 Å². The molecule has 0 aliphatic heterocycles. The van der Waals surface area contributed by atoms with Gasteiger partial charge in [-0.1, -0.05) is 25.4 Å². The first-order valence-corrected chi connectivity index (χ1v) is 7.39. The van der Waals surface area contributed by atoms with Crippen molar-refractivity contribution in [2.75, 3.05) is 20.0 Å². The Balaban J connectivity index is 0. The molecular weight excluding hydrogens is 342 g/mol. The maximum absolute atomic E-state index is 10.5. The number of ether oxygens (including phenoxy) is 2. The molecule has 1 aromatic heterocycles. The van der Waals surface area contributed by atoms with Gasteiger partial charge in [0.05, 0.1) is 19.1 Å². The first kappa shape index (κ1) is 23.8. The van der Waals surface area contributed by atoms with Crippen LogP contribution in [0.3, 0.4) is 0 Å². The number of anilines is 1. The largest absolute Gasteiger partial charge is 0.469 e. The van der Waals surface area contributed by atoms with Gasteiger partial charge in [-0.15, -0.1) is 0 Å². The molecule has 2 N–H and O–H groups in total. The van der Waals surface area contributed by atoms with Crippen molar-refractivity contribution in [3.8, 4) is 0 Å². The van der Waals surface area contributed by atoms with Crippen molar-refractivity contribution >= 4 is 35.0 Å². The van der Waals surface area contributed by atoms with Gasteiger partial charge < -0.3 is 15.2 Å². The number of halogens is 1. The van der Waals surface area contributed by atoms with Crippen LogP contribution in [0.25, 0.3) is 0 Å². The summed E-state index contributed by atoms with van der Waals surface area (Å²) in [4.78, 5) is 34.1. The molecule has 1 rings (SSSR count). The lowest BCUT2D eigenvalue weighted by Crippen LogP contribution is -2.04. The Morgan fingerprint density at radius 2 is 1.67 bits per heavy atom. The van der Waals surface area contributed by atoms with Gasteiger partial charge in [0.15, 0.2) is 0 Å². The van der Waals surface area contributed by atoms with E-state index < -0.39 is 4.92 Å². The van der Waals surface area contributed by atoms with Gasteiger partial charge >= 0.3 is 17.6 Å². The Labute approximate surface area is 145 Å². The molecule has 24 heavy (non-hydrogen) atoms. The maximum atomic E-state index is 10.5. The normalized spacial score (nSPS) is 8.71. The first-order chi connectivity index (χ1) is 11.3. The third-order valence-corrected chi connectivity index (χ3v) is 2.49. The molecule has 0 unspecified atom stereocenters. The van der Waals surface area contributed by atoms with E-state index in [2.05, 4.69) is 14.5 Å². The Hall–Kier alpha value is -2.42. The van der Waals surface area contributed by atoms with Gasteiger partial charge in [0.1, 0.15) is 5.15 Å². The third kappa shape index (κ3) is 11.2. The third-order valence-electron chi connectivity index (χ3n) is 2.28. The molecule has 9 nitrogen and oxygen atoms in total. The Kier molecular flexibility index (Phi) is 14.1. The lowest BCUT2D eigenvalue weighted by atomic mass is 10.2. The highest BCUT2D eigenvalue weighted by molar-refractivity contribution is 6.29. The van der Waals surface area contributed by atoms with E-state index in [9.17, 15) is 19.7 Å². The summed E-state index contributed by atoms with van der Waals surface area (Å²) in [7, 11) is 2.64. The molecule has 0 aliphatic carbocycles. The topological polar surface area (TPSA) is 135 Å². The van der Waals surface area contributed by atoms with Crippen LogP contribution in [0.5, 0.6) is 0 Å². The number of hydrogen-bond acceptors (Lipinski definition) is 8. The summed E-state index contributed by atoms with van der Waals surface area (Å²) in [5, 5.41) is 10.3. The van der Waals surface area contributed by atoms with Gasteiger partial charge in [-0.05, 0) is 12.5 Å². The van der Waals surface area contributed by atoms with Gasteiger partial charge in [0.2, 0.25) is 5.82 Å². The fourth-order valence-electron chi connectivity index (χ4n) is 1.18. The predicted octanol–water partition coefficient (Wildman–Crippen LogP) is 2.75. The molecule has 0 atom stereocenters. The van der Waals surface area contributed by atoms with E-state index in [0.717, 1.165) is 0 Å². The molecule has 1 aromatic rings. The van der Waals surface area contributed by atoms with Crippen LogP contribution < -0.4 is 5.73 Å². The molecule has 0 spiro atoms. The number of carbonyl (C=O) groups excluding carboxylic acids is 2. The van der Waals surface area contributed by atoms with Gasteiger partial charge in [-0.2, -0.15) is 0 Å². The molecule has 0 saturated carbocycles. The highest BCUT2D eigenvalue weighted by Crippen LogP contribution is 2.20. The smallest absolute Gasteiger partial charge is 0.311 e. The zero-order valence-electron chi connectivity index (χ0n) is 14.1. The number of nitrogens with two attached hydrogens (primary N) is 1. The standard InChI is InChI=1S/C7H12O4.C5H4ClN3O2.C2H6/c1-10-6(8)4-3-5-7(9)11-2;6-4-2-1-3(9(10)11)5(7)8-4;1-2/h3-5H2,1-2H3;1-2H,(H2,7,8);1-2H3. The number of nitro groups is 1. The number of carbonyl (C=O) groups is 2. The van der Waals surface area contributed by atoms with Gasteiger partial charge in [0, 0.05) is 18.9 Å². The summed E-state index contributed by atoms with van der Waals surface area (Å²) < 4.78 is 8.75. The number of hydrogen-bond donors (Lipinski definition) is 1. The summed E-state index contributed by atoms with van der Waals surface area (Å²) in [6.07, 6.45) is 1.02. The van der Waals surface area contributed by atoms with Crippen LogP contribution in [-0.2, 0) is 19.1 Å². The number of esters is 2. The number of pyridine rings is 1. The zero-order chi connectivity index (χ0) is 19.1. The second-order valence-electron chi connectivity index (χ2n) is 3.80. The molecule has 0 bridgehead atoms. The van der Waals surface area contributed by atoms with Crippen molar-refractivity contribution < 1.29 is 24.0 Å². The molecule has 0 aliphatic rings. The highest BCUT2D eigenvalue weighted by Gasteiger charge is 2.11. The van der Waals surface area contributed by atoms with E-state index in [4.69, 9.17) is 17.3 Å². The average molecular weight is 364 g/mol. The number of nitrogen functional groups attached to an aromatic ring is 1. The first-order valence-electron chi connectivity index (χ1n) is 7.01. The molecule has 0 radical (unpaired) electrons. The maximum Gasteiger partial charge on any atom is 0.311 e. The van der Waals surface area contributed by atoms with E-state index in [-0.39, 0.29) is 41.4 Å². The molecule has 136 valence electrons. The van der Waals surface area contributed by atoms with Crippen molar-refractivity contribution in [3.05, 3.63) is 27.4 Å². The van der Waals surface area contributed by atoms with Crippen molar-refractivity contribution in [2.24, 2.45) is 0 Å². The van der Waals surface area contributed by atoms with Crippen LogP contribution in [0.1, 0.15) is 33.1 Å². The monoisotopic (exact) mass is 363 g/mol. The Bertz CT molecular complexity index is 523. The quantitative estimate of drug-likeness (QED) is 0.365. The molecule has 1 heterocycles. The van der Waals surface area contributed by atoms with E-state index >= 15 is 0 Å². The van der Waals surface area contributed by atoms with Crippen LogP contribution in [0.4, 0.5) is 11.5 Å². The predicted molar refractivity (Wildman–Crippen MR) is 89.5 cm³/mol. The molecule has 0 saturated heterocycles. The molecule has 0 aromatic carbocycles. The van der Waals surface area contributed by atoms with Crippen molar-refractivity contribution in [2.45, 2.75) is 33.1 Å². The number of rotatable bonds is 5. The fraction of sp³-hybridized carbons (Fsp3) is 0.500. The number of aromatic nitrogens is 1. The summed E-state index contributed by atoms with van der Waals surface area (Å²) in [5.41, 5.74) is 4.96. The van der Waals surface area contributed by atoms with Gasteiger partial charge in [-0.3, -0.25) is 19.7 Å². The minimum Gasteiger partial charge on any atom is -0.469 e. The van der Waals surface area contributed by atoms with Crippen LogP contribution in [0, 0.1) is 10.1 Å². The summed E-state index contributed by atoms with van der Waals surface area (Å²) in [6, 6.07) is 2.53. The van der Waals surface area contributed by atoms with Crippen LogP contribution in [0.2, 0.25) is 5.15 Å². The molecule has 10 heteroatoms. The second kappa shape index (κ2) is 14.2. The van der Waals surface area contributed by atoms with E-state index in [1.54, 1.807) is 0 Å². The molecule has 0 fully saturated rings. The van der Waals surface area contributed by atoms with E-state index in [1.807, 2.05) is 13.8 Å². The lowest BCUT2D eigenvalue weighted by Gasteiger charge is -1.97. The zero-order valence-corrected chi connectivity index (χ0v) is 14.8. The summed E-state index contributed by atoms with van der Waals surface area (Å²) in [6.45, 7) is 4.00. The van der Waals surface area contributed by atoms with Crippen molar-refractivity contribution in [1.29, 1.82) is 0 Å².